The Morgan fingerprint density at radius 1 is 1.00 bits per heavy atom. The lowest BCUT2D eigenvalue weighted by Crippen LogP contribution is -2.41. The van der Waals surface area contributed by atoms with Crippen molar-refractivity contribution in [3.63, 3.8) is 0 Å². The van der Waals surface area contributed by atoms with Crippen molar-refractivity contribution in [1.82, 2.24) is 0 Å². The molecule has 2 aromatic rings. The van der Waals surface area contributed by atoms with Gasteiger partial charge in [0.25, 0.3) is 0 Å². The van der Waals surface area contributed by atoms with Gasteiger partial charge in [-0.15, -0.1) is 0 Å². The molecule has 3 N–H and O–H groups in total. The molecule has 0 amide bonds. The van der Waals surface area contributed by atoms with E-state index in [1.165, 1.54) is 19.1 Å². The molecule has 8 nitrogen and oxygen atoms in total. The maximum atomic E-state index is 13.4. The second-order valence-electron chi connectivity index (χ2n) is 9.80. The lowest BCUT2D eigenvalue weighted by atomic mass is 9.69. The summed E-state index contributed by atoms with van der Waals surface area (Å²) in [7, 11) is 0. The van der Waals surface area contributed by atoms with Crippen LogP contribution < -0.4 is 0 Å². The fourth-order valence-corrected chi connectivity index (χ4v) is 5.69. The van der Waals surface area contributed by atoms with Crippen molar-refractivity contribution in [1.29, 1.82) is 0 Å². The summed E-state index contributed by atoms with van der Waals surface area (Å²) in [4.78, 5) is 39.2. The first-order valence-corrected chi connectivity index (χ1v) is 11.9. The molecule has 1 unspecified atom stereocenters. The van der Waals surface area contributed by atoms with Crippen molar-refractivity contribution < 1.29 is 39.2 Å². The Kier molecular flexibility index (Phi) is 5.78. The molecule has 0 spiro atoms. The van der Waals surface area contributed by atoms with Crippen LogP contribution in [0.1, 0.15) is 82.7 Å². The van der Waals surface area contributed by atoms with Gasteiger partial charge in [-0.2, -0.15) is 0 Å². The summed E-state index contributed by atoms with van der Waals surface area (Å²) in [6.45, 7) is 5.01. The number of ketones is 3. The van der Waals surface area contributed by atoms with Gasteiger partial charge in [0, 0.05) is 34.6 Å². The zero-order chi connectivity index (χ0) is 25.2. The van der Waals surface area contributed by atoms with Gasteiger partial charge < -0.3 is 24.8 Å². The summed E-state index contributed by atoms with van der Waals surface area (Å²) in [6, 6.07) is 6.28. The van der Waals surface area contributed by atoms with Crippen LogP contribution in [0.3, 0.4) is 0 Å². The first kappa shape index (κ1) is 23.7. The minimum Gasteiger partial charge on any atom is -0.507 e. The Labute approximate surface area is 202 Å². The van der Waals surface area contributed by atoms with E-state index in [-0.39, 0.29) is 45.6 Å². The number of aliphatic hydroxyl groups is 1. The summed E-state index contributed by atoms with van der Waals surface area (Å²) in [6.07, 6.45) is -1.71. The van der Waals surface area contributed by atoms with Crippen molar-refractivity contribution in [2.75, 3.05) is 0 Å². The van der Waals surface area contributed by atoms with E-state index in [2.05, 4.69) is 0 Å². The van der Waals surface area contributed by atoms with Gasteiger partial charge in [0.2, 0.25) is 0 Å². The predicted octanol–water partition coefficient (Wildman–Crippen LogP) is 3.21. The smallest absolute Gasteiger partial charge is 0.198 e. The van der Waals surface area contributed by atoms with E-state index in [1.807, 2.05) is 6.92 Å². The Bertz CT molecular complexity index is 1250. The van der Waals surface area contributed by atoms with E-state index in [1.54, 1.807) is 19.1 Å². The van der Waals surface area contributed by atoms with Crippen molar-refractivity contribution >= 4 is 17.3 Å². The number of rotatable bonds is 3. The molecule has 0 radical (unpaired) electrons. The average molecular weight is 481 g/mol. The third-order valence-corrected chi connectivity index (χ3v) is 7.71. The number of carbonyl (C=O) groups excluding carboxylic acids is 3. The number of hydrogen-bond donors (Lipinski definition) is 3. The summed E-state index contributed by atoms with van der Waals surface area (Å²) >= 11 is 0. The molecular weight excluding hydrogens is 452 g/mol. The highest BCUT2D eigenvalue weighted by molar-refractivity contribution is 6.30. The van der Waals surface area contributed by atoms with Gasteiger partial charge in [0.1, 0.15) is 17.3 Å². The number of benzene rings is 2. The van der Waals surface area contributed by atoms with E-state index in [0.29, 0.717) is 12.8 Å². The number of phenolic OH excluding ortho intramolecular Hbond substituents is 2. The molecule has 1 saturated heterocycles. The molecule has 3 aliphatic rings. The van der Waals surface area contributed by atoms with E-state index in [0.717, 1.165) is 0 Å². The van der Waals surface area contributed by atoms with Gasteiger partial charge in [-0.3, -0.25) is 14.4 Å². The number of ether oxygens (including phenoxy) is 2. The zero-order valence-electron chi connectivity index (χ0n) is 19.8. The number of phenols is 2. The average Bonchev–Trinajstić information content (AvgIpc) is 2.83. The topological polar surface area (TPSA) is 130 Å². The summed E-state index contributed by atoms with van der Waals surface area (Å²) in [5.41, 5.74) is 0.249. The molecule has 184 valence electrons. The van der Waals surface area contributed by atoms with Gasteiger partial charge in [0.15, 0.2) is 17.9 Å². The normalized spacial score (nSPS) is 29.8. The Morgan fingerprint density at radius 3 is 2.17 bits per heavy atom. The fourth-order valence-electron chi connectivity index (χ4n) is 5.69. The summed E-state index contributed by atoms with van der Waals surface area (Å²) in [5, 5.41) is 32.7. The molecule has 1 heterocycles. The third-order valence-electron chi connectivity index (χ3n) is 7.71. The number of carbonyl (C=O) groups is 3. The second kappa shape index (κ2) is 8.55. The molecule has 2 aliphatic carbocycles. The van der Waals surface area contributed by atoms with Crippen LogP contribution in [0.4, 0.5) is 0 Å². The monoisotopic (exact) mass is 480 g/mol. The fraction of sp³-hybridized carbons (Fsp3) is 0.444. The summed E-state index contributed by atoms with van der Waals surface area (Å²) < 4.78 is 12.1. The van der Waals surface area contributed by atoms with Crippen molar-refractivity contribution in [2.45, 2.75) is 64.6 Å². The largest absolute Gasteiger partial charge is 0.507 e. The van der Waals surface area contributed by atoms with Crippen LogP contribution in [-0.2, 0) is 20.7 Å². The molecule has 2 aromatic carbocycles. The van der Waals surface area contributed by atoms with Crippen LogP contribution >= 0.6 is 0 Å². The van der Waals surface area contributed by atoms with Crippen LogP contribution in [0, 0.1) is 11.8 Å². The number of aliphatic hydroxyl groups excluding tert-OH is 1. The van der Waals surface area contributed by atoms with Gasteiger partial charge in [0.05, 0.1) is 29.4 Å². The molecular formula is C27H28O8. The SMILES string of the molecule is CC(=O)[C@@H]1Cc2c(O)c3c(c(O)c2[C@@H](O[C@H]2CC[C@H](O)[C@H](C)O2)C1C)C(=O)c1ccccc1C3=O. The van der Waals surface area contributed by atoms with Gasteiger partial charge >= 0.3 is 0 Å². The maximum absolute atomic E-state index is 13.4. The zero-order valence-corrected chi connectivity index (χ0v) is 19.8. The Morgan fingerprint density at radius 2 is 1.60 bits per heavy atom. The highest BCUT2D eigenvalue weighted by Gasteiger charge is 2.46. The Balaban J connectivity index is 1.67. The third kappa shape index (κ3) is 3.59. The molecule has 8 heteroatoms. The van der Waals surface area contributed by atoms with Gasteiger partial charge in [-0.05, 0) is 32.6 Å². The Hall–Kier alpha value is -3.07. The van der Waals surface area contributed by atoms with E-state index >= 15 is 0 Å². The lowest BCUT2D eigenvalue weighted by molar-refractivity contribution is -0.245. The van der Waals surface area contributed by atoms with E-state index in [9.17, 15) is 29.7 Å². The van der Waals surface area contributed by atoms with Crippen molar-refractivity contribution in [2.24, 2.45) is 11.8 Å². The predicted molar refractivity (Wildman–Crippen MR) is 124 cm³/mol. The molecule has 1 aliphatic heterocycles. The van der Waals surface area contributed by atoms with Crippen LogP contribution in [0.15, 0.2) is 24.3 Å². The molecule has 5 rings (SSSR count). The number of fused-ring (bicyclic) bond motifs is 3. The number of aromatic hydroxyl groups is 2. The molecule has 1 fully saturated rings. The van der Waals surface area contributed by atoms with Crippen molar-refractivity contribution in [3.05, 3.63) is 57.6 Å². The summed E-state index contributed by atoms with van der Waals surface area (Å²) in [5.74, 6) is -2.99. The first-order valence-electron chi connectivity index (χ1n) is 11.9. The van der Waals surface area contributed by atoms with Crippen molar-refractivity contribution in [3.8, 4) is 11.5 Å². The standard InChI is InChI=1S/C27H28O8/c1-11-16(12(2)28)10-17-20(27(11)35-19-9-8-18(29)13(3)34-19)26(33)22-21(25(17)32)23(30)14-6-4-5-7-15(14)24(22)31/h4-7,11,13,16,18-19,27,29,32-33H,8-10H2,1-3H3/t11?,13-,16+,18-,19-,27-/m0/s1. The molecule has 35 heavy (non-hydrogen) atoms. The van der Waals surface area contributed by atoms with Crippen LogP contribution in [0.5, 0.6) is 11.5 Å². The molecule has 0 aromatic heterocycles. The maximum Gasteiger partial charge on any atom is 0.198 e. The van der Waals surface area contributed by atoms with Crippen LogP contribution in [0.25, 0.3) is 0 Å². The van der Waals surface area contributed by atoms with Gasteiger partial charge in [-0.1, -0.05) is 31.2 Å². The first-order chi connectivity index (χ1) is 16.6. The lowest BCUT2D eigenvalue weighted by Gasteiger charge is -2.41. The minimum atomic E-state index is -0.878. The minimum absolute atomic E-state index is 0.0993. The van der Waals surface area contributed by atoms with E-state index < -0.39 is 59.5 Å². The van der Waals surface area contributed by atoms with Crippen LogP contribution in [0.2, 0.25) is 0 Å². The van der Waals surface area contributed by atoms with Gasteiger partial charge in [-0.25, -0.2) is 0 Å². The highest BCUT2D eigenvalue weighted by atomic mass is 16.7. The second-order valence-corrected chi connectivity index (χ2v) is 9.80. The van der Waals surface area contributed by atoms with E-state index in [4.69, 9.17) is 9.47 Å². The quantitative estimate of drug-likeness (QED) is 0.487. The van der Waals surface area contributed by atoms with Crippen LogP contribution in [-0.4, -0.2) is 51.2 Å². The molecule has 6 atom stereocenters. The number of hydrogen-bond acceptors (Lipinski definition) is 8. The highest BCUT2D eigenvalue weighted by Crippen LogP contribution is 2.52. The molecule has 0 saturated carbocycles. The molecule has 0 bridgehead atoms. The number of Topliss-reactive ketones (excluding diaryl/α,β-unsaturated/α-hetero) is 1.